The minimum atomic E-state index is -1.02. The summed E-state index contributed by atoms with van der Waals surface area (Å²) in [6, 6.07) is 0. The Hall–Kier alpha value is -1.66. The summed E-state index contributed by atoms with van der Waals surface area (Å²) in [6.45, 7) is 8.07. The fourth-order valence-electron chi connectivity index (χ4n) is 0.314. The highest BCUT2D eigenvalue weighted by Crippen LogP contribution is 1.94. The van der Waals surface area contributed by atoms with E-state index in [1.54, 1.807) is 0 Å². The molecule has 0 aliphatic carbocycles. The van der Waals surface area contributed by atoms with Crippen molar-refractivity contribution in [3.05, 3.63) is 24.3 Å². The van der Waals surface area contributed by atoms with Crippen molar-refractivity contribution in [3.8, 4) is 0 Å². The fraction of sp³-hybridized carbons (Fsp3) is 0.333. The summed E-state index contributed by atoms with van der Waals surface area (Å²) < 4.78 is 0. The van der Waals surface area contributed by atoms with Crippen LogP contribution in [0.1, 0.15) is 13.3 Å². The highest BCUT2D eigenvalue weighted by molar-refractivity contribution is 5.85. The SMILES string of the molecule is C=C(C)C(=O)O.C=C(CCNO)C(=O)O. The number of nitrogens with one attached hydrogen (secondary N) is 1. The first-order valence-corrected chi connectivity index (χ1v) is 3.99. The third kappa shape index (κ3) is 12.3. The third-order valence-corrected chi connectivity index (χ3v) is 1.21. The van der Waals surface area contributed by atoms with Crippen LogP contribution >= 0.6 is 0 Å². The van der Waals surface area contributed by atoms with Crippen molar-refractivity contribution in [2.24, 2.45) is 0 Å². The lowest BCUT2D eigenvalue weighted by Gasteiger charge is -1.95. The van der Waals surface area contributed by atoms with E-state index in [-0.39, 0.29) is 24.1 Å². The molecular formula is C9H15NO5. The molecule has 0 amide bonds. The maximum absolute atomic E-state index is 10.00. The largest absolute Gasteiger partial charge is 0.478 e. The molecule has 0 fully saturated rings. The number of carbonyl (C=O) groups is 2. The second kappa shape index (κ2) is 8.92. The Morgan fingerprint density at radius 1 is 1.20 bits per heavy atom. The number of aliphatic carboxylic acids is 2. The number of hydrogen-bond acceptors (Lipinski definition) is 4. The van der Waals surface area contributed by atoms with E-state index in [0.29, 0.717) is 0 Å². The summed E-state index contributed by atoms with van der Waals surface area (Å²) in [5.41, 5.74) is 2.10. The number of carboxylic acid groups (broad SMARTS) is 2. The average Bonchev–Trinajstić information content (AvgIpc) is 2.14. The van der Waals surface area contributed by atoms with E-state index in [1.807, 2.05) is 5.48 Å². The van der Waals surface area contributed by atoms with E-state index in [0.717, 1.165) is 0 Å². The molecule has 0 radical (unpaired) electrons. The normalized spacial score (nSPS) is 8.40. The van der Waals surface area contributed by atoms with Crippen LogP contribution in [0, 0.1) is 0 Å². The molecule has 0 saturated heterocycles. The van der Waals surface area contributed by atoms with Gasteiger partial charge in [-0.25, -0.2) is 15.1 Å². The van der Waals surface area contributed by atoms with E-state index < -0.39 is 11.9 Å². The number of rotatable bonds is 5. The summed E-state index contributed by atoms with van der Waals surface area (Å²) in [6.07, 6.45) is 0.256. The van der Waals surface area contributed by atoms with Crippen LogP contribution in [-0.4, -0.2) is 33.9 Å². The summed E-state index contributed by atoms with van der Waals surface area (Å²) >= 11 is 0. The zero-order chi connectivity index (χ0) is 12.4. The Morgan fingerprint density at radius 3 is 1.80 bits per heavy atom. The zero-order valence-corrected chi connectivity index (χ0v) is 8.49. The fourth-order valence-corrected chi connectivity index (χ4v) is 0.314. The van der Waals surface area contributed by atoms with Crippen LogP contribution in [0.4, 0.5) is 0 Å². The topological polar surface area (TPSA) is 107 Å². The molecule has 0 aliphatic heterocycles. The Balaban J connectivity index is 0. The molecule has 15 heavy (non-hydrogen) atoms. The lowest BCUT2D eigenvalue weighted by molar-refractivity contribution is -0.133. The summed E-state index contributed by atoms with van der Waals surface area (Å²) in [7, 11) is 0. The standard InChI is InChI=1S/C5H9NO3.C4H6O2/c1-4(5(7)8)2-3-6-9;1-3(2)4(5)6/h6,9H,1-3H2,(H,7,8);1H2,2H3,(H,5,6). The van der Waals surface area contributed by atoms with Gasteiger partial charge in [-0.05, 0) is 13.3 Å². The first-order valence-electron chi connectivity index (χ1n) is 3.99. The molecule has 86 valence electrons. The molecule has 0 spiro atoms. The Morgan fingerprint density at radius 2 is 1.60 bits per heavy atom. The van der Waals surface area contributed by atoms with Crippen LogP contribution < -0.4 is 5.48 Å². The van der Waals surface area contributed by atoms with Gasteiger partial charge >= 0.3 is 11.9 Å². The highest BCUT2D eigenvalue weighted by Gasteiger charge is 2.00. The minimum Gasteiger partial charge on any atom is -0.478 e. The van der Waals surface area contributed by atoms with Crippen molar-refractivity contribution < 1.29 is 25.0 Å². The number of hydrogen-bond donors (Lipinski definition) is 4. The van der Waals surface area contributed by atoms with E-state index in [9.17, 15) is 9.59 Å². The Bertz CT molecular complexity index is 247. The maximum Gasteiger partial charge on any atom is 0.331 e. The first kappa shape index (κ1) is 15.8. The van der Waals surface area contributed by atoms with Gasteiger partial charge in [-0.15, -0.1) is 0 Å². The molecular weight excluding hydrogens is 202 g/mol. The van der Waals surface area contributed by atoms with Gasteiger partial charge in [0.2, 0.25) is 0 Å². The van der Waals surface area contributed by atoms with Crippen molar-refractivity contribution in [3.63, 3.8) is 0 Å². The van der Waals surface area contributed by atoms with Crippen molar-refractivity contribution in [2.75, 3.05) is 6.54 Å². The maximum atomic E-state index is 10.00. The van der Waals surface area contributed by atoms with Crippen molar-refractivity contribution in [2.45, 2.75) is 13.3 Å². The second-order valence-electron chi connectivity index (χ2n) is 2.65. The Labute approximate surface area is 87.5 Å². The van der Waals surface area contributed by atoms with Crippen LogP contribution in [0.15, 0.2) is 24.3 Å². The van der Waals surface area contributed by atoms with Gasteiger partial charge in [-0.2, -0.15) is 0 Å². The highest BCUT2D eigenvalue weighted by atomic mass is 16.5. The zero-order valence-electron chi connectivity index (χ0n) is 8.49. The van der Waals surface area contributed by atoms with Gasteiger partial charge in [0.15, 0.2) is 0 Å². The second-order valence-corrected chi connectivity index (χ2v) is 2.65. The van der Waals surface area contributed by atoms with Crippen LogP contribution in [0.25, 0.3) is 0 Å². The molecule has 6 nitrogen and oxygen atoms in total. The summed E-state index contributed by atoms with van der Waals surface area (Å²) in [5.74, 6) is -1.96. The quantitative estimate of drug-likeness (QED) is 0.397. The van der Waals surface area contributed by atoms with E-state index in [4.69, 9.17) is 15.4 Å². The smallest absolute Gasteiger partial charge is 0.331 e. The molecule has 0 heterocycles. The number of hydroxylamine groups is 1. The molecule has 0 aromatic heterocycles. The van der Waals surface area contributed by atoms with Gasteiger partial charge in [0, 0.05) is 17.7 Å². The molecule has 0 unspecified atom stereocenters. The lowest BCUT2D eigenvalue weighted by atomic mass is 10.2. The molecule has 0 aromatic rings. The van der Waals surface area contributed by atoms with Gasteiger partial charge in [-0.1, -0.05) is 13.2 Å². The van der Waals surface area contributed by atoms with Crippen LogP contribution in [0.2, 0.25) is 0 Å². The third-order valence-electron chi connectivity index (χ3n) is 1.21. The molecule has 0 atom stereocenters. The van der Waals surface area contributed by atoms with Gasteiger partial charge < -0.3 is 15.4 Å². The predicted octanol–water partition coefficient (Wildman–Crippen LogP) is 0.643. The van der Waals surface area contributed by atoms with E-state index in [2.05, 4.69) is 13.2 Å². The van der Waals surface area contributed by atoms with Crippen molar-refractivity contribution in [1.29, 1.82) is 0 Å². The van der Waals surface area contributed by atoms with E-state index in [1.165, 1.54) is 6.92 Å². The molecule has 4 N–H and O–H groups in total. The van der Waals surface area contributed by atoms with Crippen LogP contribution in [-0.2, 0) is 9.59 Å². The van der Waals surface area contributed by atoms with Crippen LogP contribution in [0.3, 0.4) is 0 Å². The molecule has 0 aromatic carbocycles. The molecule has 0 saturated carbocycles. The first-order chi connectivity index (χ1) is 6.82. The van der Waals surface area contributed by atoms with Crippen LogP contribution in [0.5, 0.6) is 0 Å². The van der Waals surface area contributed by atoms with Gasteiger partial charge in [-0.3, -0.25) is 0 Å². The molecule has 6 heteroatoms. The van der Waals surface area contributed by atoms with Gasteiger partial charge in [0.25, 0.3) is 0 Å². The monoisotopic (exact) mass is 217 g/mol. The average molecular weight is 217 g/mol. The summed E-state index contributed by atoms with van der Waals surface area (Å²) in [5, 5.41) is 24.1. The van der Waals surface area contributed by atoms with Crippen molar-refractivity contribution in [1.82, 2.24) is 5.48 Å². The molecule has 0 rings (SSSR count). The lowest BCUT2D eigenvalue weighted by Crippen LogP contribution is -2.11. The molecule has 0 bridgehead atoms. The minimum absolute atomic E-state index is 0.0940. The Kier molecular flexibility index (Phi) is 9.39. The predicted molar refractivity (Wildman–Crippen MR) is 53.6 cm³/mol. The summed E-state index contributed by atoms with van der Waals surface area (Å²) in [4.78, 5) is 19.6. The van der Waals surface area contributed by atoms with E-state index >= 15 is 0 Å². The number of carboxylic acids is 2. The van der Waals surface area contributed by atoms with Crippen molar-refractivity contribution >= 4 is 11.9 Å². The van der Waals surface area contributed by atoms with Gasteiger partial charge in [0.1, 0.15) is 0 Å². The van der Waals surface area contributed by atoms with Gasteiger partial charge in [0.05, 0.1) is 0 Å². The molecule has 0 aliphatic rings.